The second kappa shape index (κ2) is 11.9. The average Bonchev–Trinajstić information content (AvgIpc) is 3.73. The van der Waals surface area contributed by atoms with Gasteiger partial charge in [0.1, 0.15) is 0 Å². The van der Waals surface area contributed by atoms with Gasteiger partial charge in [-0.3, -0.25) is 0 Å². The Morgan fingerprint density at radius 1 is 0.462 bits per heavy atom. The van der Waals surface area contributed by atoms with Crippen molar-refractivity contribution in [3.05, 3.63) is 174 Å². The minimum Gasteiger partial charge on any atom is -0.309 e. The highest BCUT2D eigenvalue weighted by Gasteiger charge is 2.22. The molecule has 2 aromatic heterocycles. The summed E-state index contributed by atoms with van der Waals surface area (Å²) in [5.41, 5.74) is 10.2. The molecule has 9 aromatic rings. The summed E-state index contributed by atoms with van der Waals surface area (Å²) in [7, 11) is 0. The molecule has 9 rings (SSSR count). The van der Waals surface area contributed by atoms with Crippen molar-refractivity contribution in [2.45, 2.75) is 0 Å². The van der Waals surface area contributed by atoms with Gasteiger partial charge in [-0.1, -0.05) is 84.9 Å². The van der Waals surface area contributed by atoms with Crippen LogP contribution in [0.15, 0.2) is 146 Å². The predicted octanol–water partition coefficient (Wildman–Crippen LogP) is 11.4. The van der Waals surface area contributed by atoms with E-state index in [1.807, 2.05) is 36.4 Å². The van der Waals surface area contributed by atoms with Gasteiger partial charge < -0.3 is 9.13 Å². The van der Waals surface area contributed by atoms with E-state index in [0.717, 1.165) is 55.3 Å². The molecule has 52 heavy (non-hydrogen) atoms. The molecular weight excluding hydrogens is 637 g/mol. The number of para-hydroxylation sites is 3. The molecule has 0 aliphatic rings. The molecule has 238 valence electrons. The first-order chi connectivity index (χ1) is 25.6. The van der Waals surface area contributed by atoms with Crippen LogP contribution in [0, 0.1) is 40.6 Å². The minimum atomic E-state index is 0.406. The first kappa shape index (κ1) is 30.2. The van der Waals surface area contributed by atoms with Gasteiger partial charge in [-0.2, -0.15) is 15.8 Å². The summed E-state index contributed by atoms with van der Waals surface area (Å²) in [4.78, 5) is 3.75. The molecule has 0 unspecified atom stereocenters. The molecule has 0 N–H and O–H groups in total. The quantitative estimate of drug-likeness (QED) is 0.176. The van der Waals surface area contributed by atoms with Crippen molar-refractivity contribution < 1.29 is 0 Å². The van der Waals surface area contributed by atoms with Crippen LogP contribution in [0.4, 0.5) is 5.69 Å². The van der Waals surface area contributed by atoms with E-state index in [1.165, 1.54) is 10.8 Å². The van der Waals surface area contributed by atoms with Gasteiger partial charge in [0.05, 0.1) is 58.0 Å². The number of nitrogens with zero attached hydrogens (tertiary/aromatic N) is 6. The number of fused-ring (bicyclic) bond motifs is 6. The molecule has 0 aliphatic heterocycles. The van der Waals surface area contributed by atoms with Crippen molar-refractivity contribution in [3.63, 3.8) is 0 Å². The number of aromatic nitrogens is 2. The minimum absolute atomic E-state index is 0.406. The van der Waals surface area contributed by atoms with Crippen LogP contribution in [0.5, 0.6) is 0 Å². The number of benzene rings is 7. The lowest BCUT2D eigenvalue weighted by Crippen LogP contribution is -2.00. The van der Waals surface area contributed by atoms with Crippen LogP contribution in [-0.4, -0.2) is 9.13 Å². The molecule has 0 amide bonds. The second-order valence-electron chi connectivity index (χ2n) is 12.5. The summed E-state index contributed by atoms with van der Waals surface area (Å²) in [6, 6.07) is 54.6. The van der Waals surface area contributed by atoms with E-state index in [1.54, 1.807) is 36.4 Å². The topological polar surface area (TPSA) is 85.6 Å². The third-order valence-corrected chi connectivity index (χ3v) is 9.86. The van der Waals surface area contributed by atoms with Crippen LogP contribution < -0.4 is 0 Å². The van der Waals surface area contributed by atoms with Gasteiger partial charge in [0.2, 0.25) is 0 Å². The Kier molecular flexibility index (Phi) is 6.91. The fourth-order valence-electron chi connectivity index (χ4n) is 7.72. The Labute approximate surface area is 298 Å². The summed E-state index contributed by atoms with van der Waals surface area (Å²) in [6.07, 6.45) is 0. The van der Waals surface area contributed by atoms with Gasteiger partial charge in [0.15, 0.2) is 5.69 Å². The van der Waals surface area contributed by atoms with Crippen LogP contribution in [0.3, 0.4) is 0 Å². The van der Waals surface area contributed by atoms with E-state index in [2.05, 4.69) is 105 Å². The third-order valence-electron chi connectivity index (χ3n) is 9.86. The average molecular weight is 661 g/mol. The molecule has 0 atom stereocenters. The van der Waals surface area contributed by atoms with Crippen LogP contribution in [0.2, 0.25) is 0 Å². The van der Waals surface area contributed by atoms with Crippen molar-refractivity contribution >= 4 is 49.3 Å². The van der Waals surface area contributed by atoms with E-state index in [-0.39, 0.29) is 0 Å². The molecule has 0 bridgehead atoms. The van der Waals surface area contributed by atoms with Gasteiger partial charge in [0.25, 0.3) is 0 Å². The zero-order chi connectivity index (χ0) is 35.3. The third kappa shape index (κ3) is 4.40. The van der Waals surface area contributed by atoms with Gasteiger partial charge in [-0.25, -0.2) is 4.85 Å². The Morgan fingerprint density at radius 3 is 1.65 bits per heavy atom. The lowest BCUT2D eigenvalue weighted by atomic mass is 9.93. The van der Waals surface area contributed by atoms with E-state index >= 15 is 0 Å². The van der Waals surface area contributed by atoms with Gasteiger partial charge in [0, 0.05) is 55.2 Å². The zero-order valence-corrected chi connectivity index (χ0v) is 27.5. The van der Waals surface area contributed by atoms with Crippen molar-refractivity contribution in [1.82, 2.24) is 9.13 Å². The maximum atomic E-state index is 10.3. The number of nitriles is 3. The van der Waals surface area contributed by atoms with Crippen molar-refractivity contribution in [1.29, 1.82) is 15.8 Å². The molecule has 7 aromatic carbocycles. The van der Waals surface area contributed by atoms with E-state index in [4.69, 9.17) is 6.57 Å². The lowest BCUT2D eigenvalue weighted by Gasteiger charge is -2.15. The molecule has 6 nitrogen and oxygen atoms in total. The highest BCUT2D eigenvalue weighted by atomic mass is 15.0. The van der Waals surface area contributed by atoms with Crippen LogP contribution in [0.25, 0.3) is 82.1 Å². The monoisotopic (exact) mass is 660 g/mol. The van der Waals surface area contributed by atoms with E-state index in [9.17, 15) is 15.8 Å². The molecule has 0 spiro atoms. The number of hydrogen-bond donors (Lipinski definition) is 0. The molecule has 0 aliphatic carbocycles. The smallest absolute Gasteiger partial charge is 0.196 e. The fourth-order valence-corrected chi connectivity index (χ4v) is 7.72. The molecule has 0 fully saturated rings. The molecule has 0 saturated heterocycles. The summed E-state index contributed by atoms with van der Waals surface area (Å²) in [5, 5.41) is 34.7. The molecule has 6 heteroatoms. The van der Waals surface area contributed by atoms with E-state index in [0.29, 0.717) is 33.5 Å². The summed E-state index contributed by atoms with van der Waals surface area (Å²) < 4.78 is 4.48. The normalized spacial score (nSPS) is 11.0. The molecular formula is C46H24N6. The van der Waals surface area contributed by atoms with Crippen LogP contribution in [0.1, 0.15) is 16.7 Å². The van der Waals surface area contributed by atoms with Gasteiger partial charge in [-0.15, -0.1) is 0 Å². The van der Waals surface area contributed by atoms with Gasteiger partial charge in [-0.05, 0) is 66.2 Å². The lowest BCUT2D eigenvalue weighted by molar-refractivity contribution is 1.13. The highest BCUT2D eigenvalue weighted by molar-refractivity contribution is 6.16. The first-order valence-corrected chi connectivity index (χ1v) is 16.7. The first-order valence-electron chi connectivity index (χ1n) is 16.7. The Bertz CT molecular complexity index is 3010. The molecule has 2 heterocycles. The maximum Gasteiger partial charge on any atom is 0.196 e. The molecule has 0 saturated carbocycles. The Hall–Kier alpha value is -7.90. The van der Waals surface area contributed by atoms with Crippen molar-refractivity contribution in [2.24, 2.45) is 0 Å². The zero-order valence-electron chi connectivity index (χ0n) is 27.5. The number of rotatable bonds is 4. The second-order valence-corrected chi connectivity index (χ2v) is 12.5. The number of hydrogen-bond acceptors (Lipinski definition) is 3. The summed E-state index contributed by atoms with van der Waals surface area (Å²) in [5.74, 6) is 0. The van der Waals surface area contributed by atoms with Gasteiger partial charge >= 0.3 is 0 Å². The SMILES string of the molecule is [C-]#[N+]c1cccc(C#N)c1-c1ccc2c(c1)c1cccc(-c3c(C#N)cccc3C#N)c1n2-c1cccc(-n2c3ccccc3c3ccccc32)c1. The van der Waals surface area contributed by atoms with Crippen LogP contribution >= 0.6 is 0 Å². The Morgan fingerprint density at radius 2 is 1.00 bits per heavy atom. The Balaban J connectivity index is 1.40. The highest BCUT2D eigenvalue weighted by Crippen LogP contribution is 2.43. The molecule has 0 radical (unpaired) electrons. The van der Waals surface area contributed by atoms with Crippen molar-refractivity contribution in [2.75, 3.05) is 0 Å². The summed E-state index contributed by atoms with van der Waals surface area (Å²) >= 11 is 0. The summed E-state index contributed by atoms with van der Waals surface area (Å²) in [6.45, 7) is 7.85. The maximum absolute atomic E-state index is 10.3. The standard InChI is InChI=1S/C46H24N6/c1-50-40-19-7-12-32(28-49)45(40)29-22-23-43-39(24-29)37-17-9-18-38(44-30(26-47)10-6-11-31(44)27-48)46(37)52(43)34-14-8-13-33(25-34)51-41-20-4-2-15-35(41)36-16-3-5-21-42(36)51/h2-25H. The fraction of sp³-hybridized carbons (Fsp3) is 0. The van der Waals surface area contributed by atoms with E-state index < -0.39 is 0 Å². The van der Waals surface area contributed by atoms with Crippen LogP contribution in [-0.2, 0) is 0 Å². The van der Waals surface area contributed by atoms with Crippen molar-refractivity contribution in [3.8, 4) is 51.8 Å². The largest absolute Gasteiger partial charge is 0.309 e. The predicted molar refractivity (Wildman–Crippen MR) is 206 cm³/mol.